The van der Waals surface area contributed by atoms with Crippen molar-refractivity contribution in [3.05, 3.63) is 60.4 Å². The average molecular weight is 407 g/mol. The molecule has 1 fully saturated rings. The highest BCUT2D eigenvalue weighted by molar-refractivity contribution is 5.92. The van der Waals surface area contributed by atoms with Gasteiger partial charge in [-0.2, -0.15) is 0 Å². The lowest BCUT2D eigenvalue weighted by Gasteiger charge is -2.35. The number of fused-ring (bicyclic) bond motifs is 1. The van der Waals surface area contributed by atoms with Crippen molar-refractivity contribution in [3.8, 4) is 5.75 Å². The van der Waals surface area contributed by atoms with Gasteiger partial charge < -0.3 is 15.0 Å². The minimum Gasteiger partial charge on any atom is -0.481 e. The van der Waals surface area contributed by atoms with Crippen molar-refractivity contribution in [1.29, 1.82) is 0 Å². The maximum absolute atomic E-state index is 13.0. The Bertz CT molecular complexity index is 1030. The molecule has 1 aliphatic rings. The number of nitrogens with one attached hydrogen (secondary N) is 1. The van der Waals surface area contributed by atoms with Gasteiger partial charge in [-0.1, -0.05) is 26.0 Å². The lowest BCUT2D eigenvalue weighted by atomic mass is 9.92. The predicted octanol–water partition coefficient (Wildman–Crippen LogP) is 4.87. The van der Waals surface area contributed by atoms with E-state index in [0.29, 0.717) is 23.3 Å². The Morgan fingerprint density at radius 2 is 1.83 bits per heavy atom. The number of halogens is 1. The third-order valence-electron chi connectivity index (χ3n) is 5.35. The number of benzene rings is 2. The molecule has 1 aliphatic heterocycles. The number of hydrogen-bond donors (Lipinski definition) is 1. The van der Waals surface area contributed by atoms with Crippen LogP contribution in [0, 0.1) is 17.7 Å². The number of ether oxygens (including phenoxy) is 1. The number of piperidine rings is 1. The van der Waals surface area contributed by atoms with E-state index in [-0.39, 0.29) is 18.3 Å². The fourth-order valence-corrected chi connectivity index (χ4v) is 4.13. The molecule has 2 atom stereocenters. The second-order valence-electron chi connectivity index (χ2n) is 8.19. The summed E-state index contributed by atoms with van der Waals surface area (Å²) in [5.41, 5.74) is 1.27. The molecule has 4 rings (SSSR count). The van der Waals surface area contributed by atoms with E-state index in [0.717, 1.165) is 29.8 Å². The first-order valence-corrected chi connectivity index (χ1v) is 10.3. The van der Waals surface area contributed by atoms with Crippen molar-refractivity contribution >= 4 is 28.3 Å². The number of carbonyl (C=O) groups is 1. The Hall–Kier alpha value is -3.15. The summed E-state index contributed by atoms with van der Waals surface area (Å²) >= 11 is 0. The molecular weight excluding hydrogens is 381 g/mol. The van der Waals surface area contributed by atoms with Crippen LogP contribution >= 0.6 is 0 Å². The summed E-state index contributed by atoms with van der Waals surface area (Å²) in [6.45, 7) is 6.38. The van der Waals surface area contributed by atoms with E-state index in [1.807, 2.05) is 24.3 Å². The van der Waals surface area contributed by atoms with E-state index < -0.39 is 0 Å². The number of anilines is 2. The molecule has 3 aromatic rings. The highest BCUT2D eigenvalue weighted by atomic mass is 19.1. The number of aromatic nitrogens is 1. The Balaban J connectivity index is 1.49. The minimum atomic E-state index is -0.348. The maximum Gasteiger partial charge on any atom is 0.262 e. The van der Waals surface area contributed by atoms with Crippen LogP contribution in [0.5, 0.6) is 5.75 Å². The Labute approximate surface area is 175 Å². The number of amides is 1. The summed E-state index contributed by atoms with van der Waals surface area (Å²) in [5, 5.41) is 3.67. The molecule has 2 heterocycles. The van der Waals surface area contributed by atoms with Gasteiger partial charge in [0, 0.05) is 24.2 Å². The molecule has 1 aromatic heterocycles. The molecule has 2 aromatic carbocycles. The van der Waals surface area contributed by atoms with Crippen molar-refractivity contribution in [2.45, 2.75) is 20.3 Å². The molecule has 1 N–H and O–H groups in total. The van der Waals surface area contributed by atoms with Gasteiger partial charge in [0.25, 0.3) is 5.91 Å². The first-order valence-electron chi connectivity index (χ1n) is 10.3. The summed E-state index contributed by atoms with van der Waals surface area (Å²) in [7, 11) is 0. The van der Waals surface area contributed by atoms with Gasteiger partial charge in [0.05, 0.1) is 0 Å². The highest BCUT2D eigenvalue weighted by Crippen LogP contribution is 2.29. The van der Waals surface area contributed by atoms with E-state index in [2.05, 4.69) is 30.1 Å². The van der Waals surface area contributed by atoms with Crippen LogP contribution in [0.4, 0.5) is 15.9 Å². The van der Waals surface area contributed by atoms with Gasteiger partial charge >= 0.3 is 0 Å². The fraction of sp³-hybridized carbons (Fsp3) is 0.333. The van der Waals surface area contributed by atoms with Crippen LogP contribution in [-0.4, -0.2) is 30.6 Å². The number of para-hydroxylation sites is 1. The van der Waals surface area contributed by atoms with E-state index in [4.69, 9.17) is 9.72 Å². The van der Waals surface area contributed by atoms with Gasteiger partial charge in [0.1, 0.15) is 22.9 Å². The van der Waals surface area contributed by atoms with Crippen LogP contribution in [0.15, 0.2) is 54.6 Å². The number of rotatable bonds is 5. The van der Waals surface area contributed by atoms with Crippen LogP contribution in [0.2, 0.25) is 0 Å². The van der Waals surface area contributed by atoms with Gasteiger partial charge in [-0.3, -0.25) is 4.79 Å². The Morgan fingerprint density at radius 1 is 1.10 bits per heavy atom. The van der Waals surface area contributed by atoms with E-state index >= 15 is 0 Å². The molecule has 0 aliphatic carbocycles. The summed E-state index contributed by atoms with van der Waals surface area (Å²) in [4.78, 5) is 19.4. The van der Waals surface area contributed by atoms with Crippen LogP contribution < -0.4 is 15.0 Å². The van der Waals surface area contributed by atoms with Gasteiger partial charge in [0.2, 0.25) is 0 Å². The number of nitrogens with zero attached hydrogens (tertiary/aromatic N) is 2. The second-order valence-corrected chi connectivity index (χ2v) is 8.19. The molecule has 0 bridgehead atoms. The molecule has 0 spiro atoms. The summed E-state index contributed by atoms with van der Waals surface area (Å²) in [6.07, 6.45) is 1.24. The van der Waals surface area contributed by atoms with Crippen molar-refractivity contribution < 1.29 is 13.9 Å². The van der Waals surface area contributed by atoms with Crippen LogP contribution in [0.3, 0.4) is 0 Å². The fourth-order valence-electron chi connectivity index (χ4n) is 4.13. The first-order chi connectivity index (χ1) is 14.5. The molecule has 5 nitrogen and oxygen atoms in total. The molecule has 156 valence electrons. The van der Waals surface area contributed by atoms with E-state index in [9.17, 15) is 9.18 Å². The van der Waals surface area contributed by atoms with Crippen molar-refractivity contribution in [3.63, 3.8) is 0 Å². The first kappa shape index (κ1) is 20.1. The van der Waals surface area contributed by atoms with E-state index in [1.54, 1.807) is 0 Å². The zero-order valence-corrected chi connectivity index (χ0v) is 17.3. The SMILES string of the molecule is CC1CC(C)CN(c2ccc3cccc(OCC(=O)Nc4ccc(F)cc4)c3n2)C1. The normalized spacial score (nSPS) is 19.0. The molecule has 2 unspecified atom stereocenters. The van der Waals surface area contributed by atoms with Gasteiger partial charge in [-0.05, 0) is 60.7 Å². The monoisotopic (exact) mass is 407 g/mol. The average Bonchev–Trinajstić information content (AvgIpc) is 2.73. The lowest BCUT2D eigenvalue weighted by Crippen LogP contribution is -2.39. The van der Waals surface area contributed by atoms with Crippen LogP contribution in [0.1, 0.15) is 20.3 Å². The molecule has 0 radical (unpaired) electrons. The topological polar surface area (TPSA) is 54.5 Å². The zero-order valence-electron chi connectivity index (χ0n) is 17.3. The summed E-state index contributed by atoms with van der Waals surface area (Å²) in [6, 6.07) is 15.4. The zero-order chi connectivity index (χ0) is 21.1. The summed E-state index contributed by atoms with van der Waals surface area (Å²) in [5.74, 6) is 2.11. The highest BCUT2D eigenvalue weighted by Gasteiger charge is 2.23. The quantitative estimate of drug-likeness (QED) is 0.655. The van der Waals surface area contributed by atoms with Gasteiger partial charge in [0.15, 0.2) is 6.61 Å². The minimum absolute atomic E-state index is 0.153. The summed E-state index contributed by atoms with van der Waals surface area (Å²) < 4.78 is 18.8. The van der Waals surface area contributed by atoms with Crippen LogP contribution in [0.25, 0.3) is 10.9 Å². The smallest absolute Gasteiger partial charge is 0.262 e. The maximum atomic E-state index is 13.0. The van der Waals surface area contributed by atoms with Crippen molar-refractivity contribution in [2.75, 3.05) is 29.9 Å². The number of carbonyl (C=O) groups excluding carboxylic acids is 1. The van der Waals surface area contributed by atoms with E-state index in [1.165, 1.54) is 30.7 Å². The van der Waals surface area contributed by atoms with Gasteiger partial charge in [-0.15, -0.1) is 0 Å². The molecule has 30 heavy (non-hydrogen) atoms. The second kappa shape index (κ2) is 8.69. The van der Waals surface area contributed by atoms with Crippen molar-refractivity contribution in [1.82, 2.24) is 4.98 Å². The third-order valence-corrected chi connectivity index (χ3v) is 5.35. The lowest BCUT2D eigenvalue weighted by molar-refractivity contribution is -0.118. The number of pyridine rings is 1. The van der Waals surface area contributed by atoms with Crippen LogP contribution in [-0.2, 0) is 4.79 Å². The standard InChI is InChI=1S/C24H26FN3O2/c1-16-12-17(2)14-28(13-16)22-11-6-18-4-3-5-21(24(18)27-22)30-15-23(29)26-20-9-7-19(25)8-10-20/h3-11,16-17H,12-15H2,1-2H3,(H,26,29). The molecular formula is C24H26FN3O2. The molecule has 0 saturated carbocycles. The largest absolute Gasteiger partial charge is 0.481 e. The van der Waals surface area contributed by atoms with Crippen molar-refractivity contribution in [2.24, 2.45) is 11.8 Å². The number of hydrogen-bond acceptors (Lipinski definition) is 4. The van der Waals surface area contributed by atoms with Gasteiger partial charge in [-0.25, -0.2) is 9.37 Å². The Kier molecular flexibility index (Phi) is 5.84. The molecule has 6 heteroatoms. The predicted molar refractivity (Wildman–Crippen MR) is 117 cm³/mol. The molecule has 1 saturated heterocycles. The molecule has 1 amide bonds. The Morgan fingerprint density at radius 3 is 2.57 bits per heavy atom. The third kappa shape index (κ3) is 4.70.